The number of hydrogen-bond donors (Lipinski definition) is 2. The van der Waals surface area contributed by atoms with Crippen molar-refractivity contribution in [2.24, 2.45) is 5.92 Å². The molecule has 1 amide bonds. The SMILES string of the molecule is O=C(O)C[C@@H]1c2ccccc2[C@@H]2CN(C(=O)CCCNc3ccccn3)CC[C@H]12. The predicted molar refractivity (Wildman–Crippen MR) is 111 cm³/mol. The van der Waals surface area contributed by atoms with Crippen LogP contribution in [0.1, 0.15) is 48.6 Å². The van der Waals surface area contributed by atoms with Gasteiger partial charge in [-0.25, -0.2) is 4.98 Å². The Labute approximate surface area is 171 Å². The fraction of sp³-hybridized carbons (Fsp3) is 0.435. The summed E-state index contributed by atoms with van der Waals surface area (Å²) in [6, 6.07) is 13.9. The molecule has 29 heavy (non-hydrogen) atoms. The van der Waals surface area contributed by atoms with Gasteiger partial charge in [0, 0.05) is 38.2 Å². The fourth-order valence-corrected chi connectivity index (χ4v) is 4.96. The molecule has 1 aromatic heterocycles. The summed E-state index contributed by atoms with van der Waals surface area (Å²) in [5, 5.41) is 12.6. The highest BCUT2D eigenvalue weighted by Gasteiger charge is 2.44. The van der Waals surface area contributed by atoms with E-state index in [1.165, 1.54) is 11.1 Å². The number of carboxylic acids is 1. The molecule has 1 aliphatic carbocycles. The number of aliphatic carboxylic acids is 1. The molecule has 0 spiro atoms. The first-order valence-corrected chi connectivity index (χ1v) is 10.4. The van der Waals surface area contributed by atoms with E-state index in [1.54, 1.807) is 6.20 Å². The Morgan fingerprint density at radius 3 is 2.69 bits per heavy atom. The molecule has 0 unspecified atom stereocenters. The molecule has 0 saturated carbocycles. The number of benzene rings is 1. The molecule has 1 saturated heterocycles. The van der Waals surface area contributed by atoms with Gasteiger partial charge in [0.2, 0.25) is 5.91 Å². The van der Waals surface area contributed by atoms with Crippen LogP contribution in [0, 0.1) is 5.92 Å². The number of pyridine rings is 1. The van der Waals surface area contributed by atoms with E-state index in [1.807, 2.05) is 35.2 Å². The van der Waals surface area contributed by atoms with Crippen LogP contribution in [0.15, 0.2) is 48.7 Å². The minimum Gasteiger partial charge on any atom is -0.481 e. The number of nitrogens with zero attached hydrogens (tertiary/aromatic N) is 2. The summed E-state index contributed by atoms with van der Waals surface area (Å²) in [6.45, 7) is 2.13. The molecule has 1 fully saturated rings. The van der Waals surface area contributed by atoms with E-state index in [2.05, 4.69) is 22.4 Å². The smallest absolute Gasteiger partial charge is 0.303 e. The molecule has 1 aliphatic heterocycles. The van der Waals surface area contributed by atoms with Crippen LogP contribution in [0.3, 0.4) is 0 Å². The van der Waals surface area contributed by atoms with Crippen molar-refractivity contribution in [3.8, 4) is 0 Å². The van der Waals surface area contributed by atoms with Crippen molar-refractivity contribution in [3.63, 3.8) is 0 Å². The summed E-state index contributed by atoms with van der Waals surface area (Å²) in [6.07, 6.45) is 4.06. The van der Waals surface area contributed by atoms with Gasteiger partial charge >= 0.3 is 5.97 Å². The molecule has 1 aromatic carbocycles. The number of hydrogen-bond acceptors (Lipinski definition) is 4. The standard InChI is InChI=1S/C23H27N3O3/c27-22(9-5-12-25-21-8-3-4-11-24-21)26-13-10-18-19(14-23(28)29)16-6-1-2-7-17(16)20(18)15-26/h1-4,6-8,11,18-20H,5,9-10,12-15H2,(H,24,25)(H,28,29)/t18-,19-,20+/m1/s1. The second kappa shape index (κ2) is 8.64. The van der Waals surface area contributed by atoms with E-state index in [4.69, 9.17) is 0 Å². The third-order valence-electron chi connectivity index (χ3n) is 6.26. The zero-order chi connectivity index (χ0) is 20.2. The number of rotatable bonds is 7. The average molecular weight is 393 g/mol. The number of carboxylic acid groups (broad SMARTS) is 1. The molecule has 2 aromatic rings. The van der Waals surface area contributed by atoms with Crippen molar-refractivity contribution in [2.45, 2.75) is 37.5 Å². The van der Waals surface area contributed by atoms with E-state index in [9.17, 15) is 14.7 Å². The van der Waals surface area contributed by atoms with Crippen LogP contribution in [0.5, 0.6) is 0 Å². The third-order valence-corrected chi connectivity index (χ3v) is 6.26. The fourth-order valence-electron chi connectivity index (χ4n) is 4.96. The molecular formula is C23H27N3O3. The van der Waals surface area contributed by atoms with Crippen molar-refractivity contribution in [2.75, 3.05) is 25.0 Å². The van der Waals surface area contributed by atoms with Crippen LogP contribution >= 0.6 is 0 Å². The van der Waals surface area contributed by atoms with Crippen molar-refractivity contribution in [1.29, 1.82) is 0 Å². The summed E-state index contributed by atoms with van der Waals surface area (Å²) in [7, 11) is 0. The van der Waals surface area contributed by atoms with Crippen LogP contribution in [0.4, 0.5) is 5.82 Å². The molecule has 3 atom stereocenters. The normalized spacial score (nSPS) is 22.6. The van der Waals surface area contributed by atoms with Gasteiger partial charge in [-0.05, 0) is 47.9 Å². The topological polar surface area (TPSA) is 82.5 Å². The molecule has 0 bridgehead atoms. The predicted octanol–water partition coefficient (Wildman–Crippen LogP) is 3.48. The molecule has 4 rings (SSSR count). The van der Waals surface area contributed by atoms with Crippen molar-refractivity contribution < 1.29 is 14.7 Å². The number of fused-ring (bicyclic) bond motifs is 3. The minimum absolute atomic E-state index is 0.0634. The number of nitrogens with one attached hydrogen (secondary N) is 1. The Morgan fingerprint density at radius 1 is 1.14 bits per heavy atom. The molecule has 6 heteroatoms. The Hall–Kier alpha value is -2.89. The molecule has 2 N–H and O–H groups in total. The zero-order valence-corrected chi connectivity index (χ0v) is 16.5. The first-order valence-electron chi connectivity index (χ1n) is 10.4. The van der Waals surface area contributed by atoms with Gasteiger partial charge in [0.15, 0.2) is 0 Å². The number of amides is 1. The summed E-state index contributed by atoms with van der Waals surface area (Å²) >= 11 is 0. The van der Waals surface area contributed by atoms with E-state index in [0.717, 1.165) is 25.2 Å². The van der Waals surface area contributed by atoms with Crippen LogP contribution in [-0.4, -0.2) is 46.5 Å². The Balaban J connectivity index is 1.34. The number of carbonyl (C=O) groups is 2. The maximum atomic E-state index is 12.8. The Morgan fingerprint density at radius 2 is 1.93 bits per heavy atom. The minimum atomic E-state index is -0.746. The van der Waals surface area contributed by atoms with E-state index >= 15 is 0 Å². The van der Waals surface area contributed by atoms with Crippen LogP contribution in [0.25, 0.3) is 0 Å². The van der Waals surface area contributed by atoms with E-state index in [0.29, 0.717) is 25.4 Å². The van der Waals surface area contributed by atoms with Gasteiger partial charge < -0.3 is 15.3 Å². The summed E-state index contributed by atoms with van der Waals surface area (Å²) in [5.41, 5.74) is 2.40. The lowest BCUT2D eigenvalue weighted by atomic mass is 9.80. The first kappa shape index (κ1) is 19.4. The highest BCUT2D eigenvalue weighted by Crippen LogP contribution is 2.51. The van der Waals surface area contributed by atoms with Crippen molar-refractivity contribution in [1.82, 2.24) is 9.88 Å². The Bertz CT molecular complexity index is 871. The van der Waals surface area contributed by atoms with Gasteiger partial charge in [-0.2, -0.15) is 0 Å². The van der Waals surface area contributed by atoms with Gasteiger partial charge in [-0.1, -0.05) is 30.3 Å². The maximum Gasteiger partial charge on any atom is 0.303 e. The van der Waals surface area contributed by atoms with Gasteiger partial charge in [-0.3, -0.25) is 9.59 Å². The maximum absolute atomic E-state index is 12.8. The van der Waals surface area contributed by atoms with Crippen molar-refractivity contribution >= 4 is 17.7 Å². The monoisotopic (exact) mass is 393 g/mol. The first-order chi connectivity index (χ1) is 14.1. The van der Waals surface area contributed by atoms with Gasteiger partial charge in [-0.15, -0.1) is 0 Å². The van der Waals surface area contributed by atoms with Crippen LogP contribution < -0.4 is 5.32 Å². The quantitative estimate of drug-likeness (QED) is 0.704. The Kier molecular flexibility index (Phi) is 5.79. The molecule has 0 radical (unpaired) electrons. The third kappa shape index (κ3) is 4.26. The summed E-state index contributed by atoms with van der Waals surface area (Å²) in [4.78, 5) is 30.3. The lowest BCUT2D eigenvalue weighted by Crippen LogP contribution is -2.42. The van der Waals surface area contributed by atoms with Gasteiger partial charge in [0.25, 0.3) is 0 Å². The molecule has 6 nitrogen and oxygen atoms in total. The number of aromatic nitrogens is 1. The lowest BCUT2D eigenvalue weighted by Gasteiger charge is -2.37. The van der Waals surface area contributed by atoms with E-state index < -0.39 is 5.97 Å². The second-order valence-corrected chi connectivity index (χ2v) is 7.98. The summed E-state index contributed by atoms with van der Waals surface area (Å²) < 4.78 is 0. The molecule has 152 valence electrons. The number of likely N-dealkylation sites (tertiary alicyclic amines) is 1. The van der Waals surface area contributed by atoms with Crippen molar-refractivity contribution in [3.05, 3.63) is 59.8 Å². The second-order valence-electron chi connectivity index (χ2n) is 7.98. The lowest BCUT2D eigenvalue weighted by molar-refractivity contribution is -0.138. The summed E-state index contributed by atoms with van der Waals surface area (Å²) in [5.74, 6) is 0.898. The van der Waals surface area contributed by atoms with E-state index in [-0.39, 0.29) is 24.2 Å². The van der Waals surface area contributed by atoms with Crippen LogP contribution in [-0.2, 0) is 9.59 Å². The number of piperidine rings is 1. The highest BCUT2D eigenvalue weighted by atomic mass is 16.4. The zero-order valence-electron chi connectivity index (χ0n) is 16.5. The van der Waals surface area contributed by atoms with Crippen LogP contribution in [0.2, 0.25) is 0 Å². The molecule has 2 heterocycles. The average Bonchev–Trinajstić information content (AvgIpc) is 3.04. The molecule has 2 aliphatic rings. The number of carbonyl (C=O) groups excluding carboxylic acids is 1. The number of anilines is 1. The molecular weight excluding hydrogens is 366 g/mol. The largest absolute Gasteiger partial charge is 0.481 e. The van der Waals surface area contributed by atoms with Gasteiger partial charge in [0.05, 0.1) is 6.42 Å². The highest BCUT2D eigenvalue weighted by molar-refractivity contribution is 5.76. The van der Waals surface area contributed by atoms with Gasteiger partial charge in [0.1, 0.15) is 5.82 Å².